The first-order chi connectivity index (χ1) is 9.86. The highest BCUT2D eigenvalue weighted by molar-refractivity contribution is 5.81. The molecule has 0 spiro atoms. The van der Waals surface area contributed by atoms with Crippen LogP contribution in [0.4, 0.5) is 11.4 Å². The smallest absolute Gasteiger partial charge is 0.167 e. The van der Waals surface area contributed by atoms with Gasteiger partial charge in [-0.25, -0.2) is 0 Å². The number of rotatable bonds is 4. The quantitative estimate of drug-likeness (QED) is 0.710. The van der Waals surface area contributed by atoms with Gasteiger partial charge in [0.1, 0.15) is 0 Å². The summed E-state index contributed by atoms with van der Waals surface area (Å²) in [5.74, 6) is 0. The van der Waals surface area contributed by atoms with Gasteiger partial charge in [-0.3, -0.25) is 14.9 Å². The van der Waals surface area contributed by atoms with E-state index >= 15 is 0 Å². The lowest BCUT2D eigenvalue weighted by molar-refractivity contribution is 0.111. The number of hydrogen-bond acceptors (Lipinski definition) is 4. The van der Waals surface area contributed by atoms with Crippen LogP contribution >= 0.6 is 0 Å². The van der Waals surface area contributed by atoms with Crippen LogP contribution in [0.1, 0.15) is 10.5 Å². The molecule has 0 amide bonds. The van der Waals surface area contributed by atoms with Gasteiger partial charge < -0.3 is 5.32 Å². The summed E-state index contributed by atoms with van der Waals surface area (Å²) in [5.41, 5.74) is 3.81. The Bertz CT molecular complexity index is 722. The van der Waals surface area contributed by atoms with E-state index in [1.165, 1.54) is 0 Å². The summed E-state index contributed by atoms with van der Waals surface area (Å²) in [6, 6.07) is 13.4. The Kier molecular flexibility index (Phi) is 3.24. The van der Waals surface area contributed by atoms with Crippen LogP contribution in [0.25, 0.3) is 11.3 Å². The van der Waals surface area contributed by atoms with Gasteiger partial charge in [0.05, 0.1) is 17.1 Å². The van der Waals surface area contributed by atoms with Gasteiger partial charge in [0.25, 0.3) is 0 Å². The molecule has 0 atom stereocenters. The molecule has 0 fully saturated rings. The molecule has 0 radical (unpaired) electrons. The zero-order chi connectivity index (χ0) is 13.8. The second kappa shape index (κ2) is 5.36. The van der Waals surface area contributed by atoms with Crippen LogP contribution in [-0.2, 0) is 0 Å². The molecule has 5 nitrogen and oxygen atoms in total. The Morgan fingerprint density at radius 2 is 2.00 bits per heavy atom. The first-order valence-electron chi connectivity index (χ1n) is 6.14. The van der Waals surface area contributed by atoms with Crippen molar-refractivity contribution < 1.29 is 4.79 Å². The van der Waals surface area contributed by atoms with Gasteiger partial charge in [-0.1, -0.05) is 18.2 Å². The van der Waals surface area contributed by atoms with E-state index in [2.05, 4.69) is 20.5 Å². The highest BCUT2D eigenvalue weighted by Crippen LogP contribution is 2.28. The number of anilines is 2. The lowest BCUT2D eigenvalue weighted by Crippen LogP contribution is -1.94. The van der Waals surface area contributed by atoms with Gasteiger partial charge in [-0.15, -0.1) is 0 Å². The molecular weight excluding hydrogens is 252 g/mol. The van der Waals surface area contributed by atoms with E-state index in [1.807, 2.05) is 36.4 Å². The third-order valence-electron chi connectivity index (χ3n) is 2.87. The number of hydrogen-bond donors (Lipinski definition) is 2. The second-order valence-electron chi connectivity index (χ2n) is 4.24. The number of carbonyl (C=O) groups excluding carboxylic acids is 1. The van der Waals surface area contributed by atoms with E-state index in [-0.39, 0.29) is 0 Å². The molecule has 3 aromatic rings. The van der Waals surface area contributed by atoms with E-state index in [1.54, 1.807) is 18.5 Å². The summed E-state index contributed by atoms with van der Waals surface area (Å²) in [6.07, 6.45) is 4.16. The molecular formula is C15H12N4O. The molecule has 0 aliphatic carbocycles. The minimum absolute atomic E-state index is 0.439. The van der Waals surface area contributed by atoms with E-state index in [0.29, 0.717) is 11.4 Å². The number of pyridine rings is 1. The monoisotopic (exact) mass is 264 g/mol. The van der Waals surface area contributed by atoms with E-state index in [9.17, 15) is 4.79 Å². The van der Waals surface area contributed by atoms with Crippen molar-refractivity contribution in [3.8, 4) is 11.3 Å². The molecule has 0 aliphatic rings. The second-order valence-corrected chi connectivity index (χ2v) is 4.24. The number of nitrogens with one attached hydrogen (secondary N) is 2. The normalized spacial score (nSPS) is 10.2. The van der Waals surface area contributed by atoms with Crippen molar-refractivity contribution in [3.05, 3.63) is 60.6 Å². The number of nitrogens with zero attached hydrogens (tertiary/aromatic N) is 2. The van der Waals surface area contributed by atoms with Crippen LogP contribution in [0.5, 0.6) is 0 Å². The van der Waals surface area contributed by atoms with Gasteiger partial charge in [-0.05, 0) is 24.3 Å². The summed E-state index contributed by atoms with van der Waals surface area (Å²) >= 11 is 0. The fourth-order valence-corrected chi connectivity index (χ4v) is 1.92. The van der Waals surface area contributed by atoms with Crippen molar-refractivity contribution in [1.29, 1.82) is 0 Å². The maximum Gasteiger partial charge on any atom is 0.167 e. The van der Waals surface area contributed by atoms with E-state index in [0.717, 1.165) is 23.2 Å². The lowest BCUT2D eigenvalue weighted by atomic mass is 10.1. The third-order valence-corrected chi connectivity index (χ3v) is 2.87. The van der Waals surface area contributed by atoms with Crippen LogP contribution < -0.4 is 5.32 Å². The zero-order valence-electron chi connectivity index (χ0n) is 10.6. The van der Waals surface area contributed by atoms with Gasteiger partial charge >= 0.3 is 0 Å². The maximum atomic E-state index is 10.7. The summed E-state index contributed by atoms with van der Waals surface area (Å²) in [7, 11) is 0. The Balaban J connectivity index is 1.98. The molecule has 1 aromatic carbocycles. The number of carbonyl (C=O) groups is 1. The van der Waals surface area contributed by atoms with Crippen molar-refractivity contribution in [2.24, 2.45) is 0 Å². The highest BCUT2D eigenvalue weighted by atomic mass is 16.1. The van der Waals surface area contributed by atoms with Crippen LogP contribution in [0.15, 0.2) is 54.9 Å². The molecule has 20 heavy (non-hydrogen) atoms. The average molecular weight is 264 g/mol. The molecule has 98 valence electrons. The van der Waals surface area contributed by atoms with Crippen molar-refractivity contribution >= 4 is 17.7 Å². The lowest BCUT2D eigenvalue weighted by Gasteiger charge is -2.09. The number of aldehydes is 1. The molecule has 2 N–H and O–H groups in total. The largest absolute Gasteiger partial charge is 0.355 e. The molecule has 3 rings (SSSR count). The van der Waals surface area contributed by atoms with Gasteiger partial charge in [0, 0.05) is 23.6 Å². The van der Waals surface area contributed by atoms with Gasteiger partial charge in [0.2, 0.25) is 0 Å². The molecule has 5 heteroatoms. The van der Waals surface area contributed by atoms with Crippen molar-refractivity contribution in [1.82, 2.24) is 15.2 Å². The number of benzene rings is 1. The molecule has 0 unspecified atom stereocenters. The topological polar surface area (TPSA) is 70.7 Å². The molecule has 0 bridgehead atoms. The number of aromatic nitrogens is 3. The highest BCUT2D eigenvalue weighted by Gasteiger charge is 2.09. The molecule has 0 aliphatic heterocycles. The summed E-state index contributed by atoms with van der Waals surface area (Å²) in [5, 5.41) is 10.1. The molecule has 0 saturated heterocycles. The molecule has 2 aromatic heterocycles. The predicted octanol–water partition coefficient (Wildman–Crippen LogP) is 3.03. The van der Waals surface area contributed by atoms with Gasteiger partial charge in [-0.2, -0.15) is 5.10 Å². The van der Waals surface area contributed by atoms with Crippen LogP contribution in [0.2, 0.25) is 0 Å². The van der Waals surface area contributed by atoms with Gasteiger partial charge in [0.15, 0.2) is 6.29 Å². The van der Waals surface area contributed by atoms with Crippen LogP contribution in [-0.4, -0.2) is 21.5 Å². The van der Waals surface area contributed by atoms with Crippen LogP contribution in [0.3, 0.4) is 0 Å². The maximum absolute atomic E-state index is 10.7. The fraction of sp³-hybridized carbons (Fsp3) is 0. The molecule has 0 saturated carbocycles. The minimum Gasteiger partial charge on any atom is -0.355 e. The number of para-hydroxylation sites is 1. The van der Waals surface area contributed by atoms with E-state index in [4.69, 9.17) is 0 Å². The third kappa shape index (κ3) is 2.42. The number of aromatic amines is 1. The minimum atomic E-state index is 0.439. The van der Waals surface area contributed by atoms with Crippen molar-refractivity contribution in [2.45, 2.75) is 0 Å². The zero-order valence-corrected chi connectivity index (χ0v) is 10.6. The Morgan fingerprint density at radius 1 is 1.15 bits per heavy atom. The van der Waals surface area contributed by atoms with E-state index < -0.39 is 0 Å². The Hall–Kier alpha value is -2.95. The van der Waals surface area contributed by atoms with Crippen LogP contribution in [0, 0.1) is 0 Å². The number of H-pyrrole nitrogens is 1. The van der Waals surface area contributed by atoms with Crippen molar-refractivity contribution in [2.75, 3.05) is 5.32 Å². The SMILES string of the molecule is O=Cc1cc(-c2cnccc2Nc2ccccc2)n[nH]1. The summed E-state index contributed by atoms with van der Waals surface area (Å²) in [4.78, 5) is 14.8. The first kappa shape index (κ1) is 12.1. The van der Waals surface area contributed by atoms with Crippen molar-refractivity contribution in [3.63, 3.8) is 0 Å². The summed E-state index contributed by atoms with van der Waals surface area (Å²) in [6.45, 7) is 0. The predicted molar refractivity (Wildman–Crippen MR) is 76.9 cm³/mol. The summed E-state index contributed by atoms with van der Waals surface area (Å²) < 4.78 is 0. The Labute approximate surface area is 115 Å². The first-order valence-corrected chi connectivity index (χ1v) is 6.14. The molecule has 2 heterocycles. The average Bonchev–Trinajstić information content (AvgIpc) is 2.98. The Morgan fingerprint density at radius 3 is 2.75 bits per heavy atom. The fourth-order valence-electron chi connectivity index (χ4n) is 1.92. The standard InChI is InChI=1S/C15H12N4O/c20-10-12-8-15(19-18-12)13-9-16-7-6-14(13)17-11-4-2-1-3-5-11/h1-10H,(H,16,17)(H,18,19).